The molecule has 1 aromatic heterocycles. The molecule has 0 atom stereocenters. The average molecular weight is 323 g/mol. The van der Waals surface area contributed by atoms with Crippen molar-refractivity contribution in [1.29, 1.82) is 0 Å². The summed E-state index contributed by atoms with van der Waals surface area (Å²) in [4.78, 5) is 4.84. The standard InChI is InChI=1S/C20H21NO3/c1-5-17-16-12-20(24-4)19(23-3)11-14(16)10-18(21-17)13-6-8-15(22-2)9-7-13/h6-12H,5H2,1-4H3. The summed E-state index contributed by atoms with van der Waals surface area (Å²) in [5, 5.41) is 2.18. The van der Waals surface area contributed by atoms with Gasteiger partial charge in [-0.25, -0.2) is 0 Å². The highest BCUT2D eigenvalue weighted by Gasteiger charge is 2.12. The second-order valence-corrected chi connectivity index (χ2v) is 5.46. The van der Waals surface area contributed by atoms with Gasteiger partial charge in [-0.2, -0.15) is 0 Å². The third kappa shape index (κ3) is 2.87. The van der Waals surface area contributed by atoms with E-state index < -0.39 is 0 Å². The number of methoxy groups -OCH3 is 3. The Morgan fingerprint density at radius 1 is 0.833 bits per heavy atom. The highest BCUT2D eigenvalue weighted by molar-refractivity contribution is 5.90. The van der Waals surface area contributed by atoms with Crippen molar-refractivity contribution in [3.63, 3.8) is 0 Å². The Bertz CT molecular complexity index is 857. The minimum Gasteiger partial charge on any atom is -0.497 e. The zero-order valence-corrected chi connectivity index (χ0v) is 14.4. The summed E-state index contributed by atoms with van der Waals surface area (Å²) in [6, 6.07) is 14.0. The monoisotopic (exact) mass is 323 g/mol. The van der Waals surface area contributed by atoms with Gasteiger partial charge in [0.05, 0.1) is 27.0 Å². The molecule has 0 bridgehead atoms. The Balaban J connectivity index is 2.19. The first-order valence-electron chi connectivity index (χ1n) is 7.90. The van der Waals surface area contributed by atoms with Gasteiger partial charge in [0.2, 0.25) is 0 Å². The molecule has 0 saturated carbocycles. The van der Waals surface area contributed by atoms with Gasteiger partial charge in [0.25, 0.3) is 0 Å². The van der Waals surface area contributed by atoms with Crippen molar-refractivity contribution in [2.24, 2.45) is 0 Å². The van der Waals surface area contributed by atoms with Crippen LogP contribution in [0.5, 0.6) is 17.2 Å². The molecule has 0 fully saturated rings. The van der Waals surface area contributed by atoms with E-state index in [0.717, 1.165) is 51.4 Å². The van der Waals surface area contributed by atoms with Crippen LogP contribution in [0.25, 0.3) is 22.0 Å². The molecule has 0 aliphatic carbocycles. The van der Waals surface area contributed by atoms with E-state index in [9.17, 15) is 0 Å². The Kier molecular flexibility index (Phi) is 4.56. The molecule has 4 nitrogen and oxygen atoms in total. The van der Waals surface area contributed by atoms with Gasteiger partial charge in [0.1, 0.15) is 5.75 Å². The lowest BCUT2D eigenvalue weighted by atomic mass is 10.0. The van der Waals surface area contributed by atoms with Crippen LogP contribution < -0.4 is 14.2 Å². The van der Waals surface area contributed by atoms with Gasteiger partial charge >= 0.3 is 0 Å². The van der Waals surface area contributed by atoms with Crippen LogP contribution in [0.3, 0.4) is 0 Å². The molecule has 2 aromatic carbocycles. The maximum absolute atomic E-state index is 5.43. The second kappa shape index (κ2) is 6.79. The number of nitrogens with zero attached hydrogens (tertiary/aromatic N) is 1. The predicted molar refractivity (Wildman–Crippen MR) is 96.2 cm³/mol. The van der Waals surface area contributed by atoms with E-state index in [1.807, 2.05) is 36.4 Å². The van der Waals surface area contributed by atoms with Crippen LogP contribution in [-0.2, 0) is 6.42 Å². The number of fused-ring (bicyclic) bond motifs is 1. The summed E-state index contributed by atoms with van der Waals surface area (Å²) in [7, 11) is 4.96. The normalized spacial score (nSPS) is 10.7. The van der Waals surface area contributed by atoms with Crippen LogP contribution in [0, 0.1) is 0 Å². The van der Waals surface area contributed by atoms with Gasteiger partial charge in [-0.1, -0.05) is 6.92 Å². The molecule has 3 aromatic rings. The fourth-order valence-electron chi connectivity index (χ4n) is 2.83. The topological polar surface area (TPSA) is 40.6 Å². The zero-order chi connectivity index (χ0) is 17.1. The lowest BCUT2D eigenvalue weighted by Gasteiger charge is -2.13. The van der Waals surface area contributed by atoms with Crippen molar-refractivity contribution >= 4 is 10.8 Å². The number of hydrogen-bond donors (Lipinski definition) is 0. The van der Waals surface area contributed by atoms with E-state index in [1.165, 1.54) is 0 Å². The molecule has 0 amide bonds. The number of rotatable bonds is 5. The maximum Gasteiger partial charge on any atom is 0.161 e. The van der Waals surface area contributed by atoms with E-state index in [-0.39, 0.29) is 0 Å². The van der Waals surface area contributed by atoms with E-state index in [1.54, 1.807) is 21.3 Å². The average Bonchev–Trinajstić information content (AvgIpc) is 2.65. The second-order valence-electron chi connectivity index (χ2n) is 5.46. The Hall–Kier alpha value is -2.75. The van der Waals surface area contributed by atoms with Gasteiger partial charge in [0.15, 0.2) is 11.5 Å². The first-order valence-corrected chi connectivity index (χ1v) is 7.90. The van der Waals surface area contributed by atoms with E-state index in [4.69, 9.17) is 19.2 Å². The number of ether oxygens (including phenoxy) is 3. The quantitative estimate of drug-likeness (QED) is 0.693. The lowest BCUT2D eigenvalue weighted by Crippen LogP contribution is -1.96. The first kappa shape index (κ1) is 16.1. The Labute approximate surface area is 142 Å². The van der Waals surface area contributed by atoms with Crippen molar-refractivity contribution in [2.45, 2.75) is 13.3 Å². The van der Waals surface area contributed by atoms with E-state index in [0.29, 0.717) is 0 Å². The molecular formula is C20H21NO3. The van der Waals surface area contributed by atoms with Gasteiger partial charge in [-0.3, -0.25) is 4.98 Å². The number of aryl methyl sites for hydroxylation is 1. The molecule has 0 unspecified atom stereocenters. The molecule has 0 aliphatic heterocycles. The number of pyridine rings is 1. The van der Waals surface area contributed by atoms with Gasteiger partial charge in [-0.15, -0.1) is 0 Å². The summed E-state index contributed by atoms with van der Waals surface area (Å²) in [6.45, 7) is 2.11. The van der Waals surface area contributed by atoms with Gasteiger partial charge in [0, 0.05) is 16.6 Å². The van der Waals surface area contributed by atoms with Crippen LogP contribution in [0.15, 0.2) is 42.5 Å². The zero-order valence-electron chi connectivity index (χ0n) is 14.4. The molecule has 24 heavy (non-hydrogen) atoms. The maximum atomic E-state index is 5.43. The highest BCUT2D eigenvalue weighted by atomic mass is 16.5. The summed E-state index contributed by atoms with van der Waals surface area (Å²) >= 11 is 0. The van der Waals surface area contributed by atoms with Crippen molar-refractivity contribution in [1.82, 2.24) is 4.98 Å². The van der Waals surface area contributed by atoms with Crippen LogP contribution in [0.2, 0.25) is 0 Å². The molecule has 0 saturated heterocycles. The third-order valence-corrected chi connectivity index (χ3v) is 4.13. The van der Waals surface area contributed by atoms with Gasteiger partial charge < -0.3 is 14.2 Å². The molecule has 1 heterocycles. The molecule has 4 heteroatoms. The SMILES string of the molecule is CCc1nc(-c2ccc(OC)cc2)cc2cc(OC)c(OC)cc12. The molecule has 0 aliphatic rings. The first-order chi connectivity index (χ1) is 11.7. The van der Waals surface area contributed by atoms with Crippen molar-refractivity contribution in [3.8, 4) is 28.5 Å². The van der Waals surface area contributed by atoms with Crippen molar-refractivity contribution < 1.29 is 14.2 Å². The fraction of sp³-hybridized carbons (Fsp3) is 0.250. The summed E-state index contributed by atoms with van der Waals surface area (Å²) in [5.74, 6) is 2.28. The fourth-order valence-corrected chi connectivity index (χ4v) is 2.83. The molecular weight excluding hydrogens is 302 g/mol. The molecule has 0 spiro atoms. The smallest absolute Gasteiger partial charge is 0.161 e. The van der Waals surface area contributed by atoms with E-state index >= 15 is 0 Å². The summed E-state index contributed by atoms with van der Waals surface area (Å²) in [6.07, 6.45) is 0.843. The third-order valence-electron chi connectivity index (χ3n) is 4.13. The Morgan fingerprint density at radius 3 is 2.08 bits per heavy atom. The van der Waals surface area contributed by atoms with Gasteiger partial charge in [-0.05, 0) is 54.3 Å². The number of aromatic nitrogens is 1. The highest BCUT2D eigenvalue weighted by Crippen LogP contribution is 2.35. The van der Waals surface area contributed by atoms with Crippen LogP contribution in [0.1, 0.15) is 12.6 Å². The Morgan fingerprint density at radius 2 is 1.50 bits per heavy atom. The van der Waals surface area contributed by atoms with E-state index in [2.05, 4.69) is 13.0 Å². The number of benzene rings is 2. The molecule has 0 radical (unpaired) electrons. The summed E-state index contributed by atoms with van der Waals surface area (Å²) in [5.41, 5.74) is 3.04. The number of hydrogen-bond acceptors (Lipinski definition) is 4. The minimum atomic E-state index is 0.721. The largest absolute Gasteiger partial charge is 0.497 e. The van der Waals surface area contributed by atoms with Crippen LogP contribution >= 0.6 is 0 Å². The van der Waals surface area contributed by atoms with Crippen LogP contribution in [0.4, 0.5) is 0 Å². The predicted octanol–water partition coefficient (Wildman–Crippen LogP) is 4.49. The van der Waals surface area contributed by atoms with Crippen molar-refractivity contribution in [3.05, 3.63) is 48.2 Å². The molecule has 0 N–H and O–H groups in total. The molecule has 3 rings (SSSR count). The molecule has 124 valence electrons. The van der Waals surface area contributed by atoms with Crippen molar-refractivity contribution in [2.75, 3.05) is 21.3 Å². The summed E-state index contributed by atoms with van der Waals surface area (Å²) < 4.78 is 16.1. The van der Waals surface area contributed by atoms with Crippen LogP contribution in [-0.4, -0.2) is 26.3 Å². The lowest BCUT2D eigenvalue weighted by molar-refractivity contribution is 0.356. The minimum absolute atomic E-state index is 0.721.